The number of alkyl halides is 6. The maximum Gasteiger partial charge on any atom is 0.439 e. The summed E-state index contributed by atoms with van der Waals surface area (Å²) in [6, 6.07) is 4.84. The molecule has 4 nitrogen and oxygen atoms in total. The summed E-state index contributed by atoms with van der Waals surface area (Å²) < 4.78 is 79.0. The zero-order chi connectivity index (χ0) is 18.7. The molecule has 3 N–H and O–H groups in total. The van der Waals surface area contributed by atoms with Crippen molar-refractivity contribution in [1.82, 2.24) is 10.6 Å². The third-order valence-corrected chi connectivity index (χ3v) is 3.80. The number of rotatable bonds is 7. The number of aliphatic hydroxyl groups is 1. The van der Waals surface area contributed by atoms with Crippen LogP contribution in [0.5, 0.6) is 5.75 Å². The second-order valence-corrected chi connectivity index (χ2v) is 5.83. The molecule has 1 aliphatic rings. The normalized spacial score (nSPS) is 22.0. The molecule has 1 aromatic rings. The lowest BCUT2D eigenvalue weighted by molar-refractivity contribution is -0.304. The van der Waals surface area contributed by atoms with Crippen LogP contribution in [0, 0.1) is 5.92 Å². The van der Waals surface area contributed by atoms with E-state index in [0.29, 0.717) is 31.7 Å². The van der Waals surface area contributed by atoms with Gasteiger partial charge in [-0.1, -0.05) is 12.1 Å². The van der Waals surface area contributed by atoms with Gasteiger partial charge in [0.25, 0.3) is 6.17 Å². The highest BCUT2D eigenvalue weighted by Gasteiger charge is 2.59. The predicted octanol–water partition coefficient (Wildman–Crippen LogP) is 2.65. The summed E-state index contributed by atoms with van der Waals surface area (Å²) in [6.07, 6.45) is -15.6. The van der Waals surface area contributed by atoms with Crippen molar-refractivity contribution in [3.05, 3.63) is 29.8 Å². The van der Waals surface area contributed by atoms with Gasteiger partial charge in [0, 0.05) is 32.1 Å². The number of aliphatic hydroxyl groups excluding tert-OH is 1. The number of halogens is 7. The first-order valence-corrected chi connectivity index (χ1v) is 7.55. The average Bonchev–Trinajstić information content (AvgIpc) is 2.92. The maximum absolute atomic E-state index is 13.2. The Kier molecular flexibility index (Phi) is 8.00. The monoisotopic (exact) mass is 408 g/mol. The van der Waals surface area contributed by atoms with E-state index in [1.165, 1.54) is 12.1 Å². The van der Waals surface area contributed by atoms with E-state index < -0.39 is 30.3 Å². The summed E-state index contributed by atoms with van der Waals surface area (Å²) in [5.41, 5.74) is 0.670. The molecule has 0 saturated carbocycles. The van der Waals surface area contributed by atoms with Gasteiger partial charge >= 0.3 is 12.3 Å². The zero-order valence-corrected chi connectivity index (χ0v) is 14.2. The molecule has 1 heterocycles. The van der Waals surface area contributed by atoms with Crippen molar-refractivity contribution in [3.63, 3.8) is 0 Å². The third kappa shape index (κ3) is 6.19. The molecule has 2 rings (SSSR count). The number of ether oxygens (including phenoxy) is 1. The van der Waals surface area contributed by atoms with Gasteiger partial charge in [-0.3, -0.25) is 0 Å². The molecule has 0 radical (unpaired) electrons. The van der Waals surface area contributed by atoms with E-state index in [9.17, 15) is 31.4 Å². The first-order valence-electron chi connectivity index (χ1n) is 7.55. The topological polar surface area (TPSA) is 53.5 Å². The van der Waals surface area contributed by atoms with E-state index in [4.69, 9.17) is 0 Å². The van der Waals surface area contributed by atoms with Crippen molar-refractivity contribution in [2.45, 2.75) is 31.1 Å². The minimum atomic E-state index is -5.72. The molecule has 0 amide bonds. The smallest absolute Gasteiger partial charge is 0.430 e. The van der Waals surface area contributed by atoms with Crippen molar-refractivity contribution in [2.24, 2.45) is 5.92 Å². The molecule has 1 aromatic carbocycles. The van der Waals surface area contributed by atoms with Crippen LogP contribution in [-0.2, 0) is 6.54 Å². The molecule has 0 aromatic heterocycles. The van der Waals surface area contributed by atoms with Crippen LogP contribution >= 0.6 is 12.4 Å². The average molecular weight is 409 g/mol. The Morgan fingerprint density at radius 2 is 1.77 bits per heavy atom. The van der Waals surface area contributed by atoms with E-state index in [2.05, 4.69) is 15.4 Å². The second kappa shape index (κ2) is 9.12. The lowest BCUT2D eigenvalue weighted by Gasteiger charge is -2.23. The van der Waals surface area contributed by atoms with Gasteiger partial charge in [0.15, 0.2) is 0 Å². The van der Waals surface area contributed by atoms with Crippen LogP contribution in [0.4, 0.5) is 26.3 Å². The summed E-state index contributed by atoms with van der Waals surface area (Å²) in [6.45, 7) is 2.12. The SMILES string of the molecule is Cl.OC1CNCC1CNCc1ccc(OC(F)(F)C(F)C(F)(F)F)cc1. The number of β-amino-alcohol motifs (C(OH)–C–C–N with tert-alkyl or cyclic N) is 1. The molecule has 3 unspecified atom stereocenters. The summed E-state index contributed by atoms with van der Waals surface area (Å²) in [7, 11) is 0. The van der Waals surface area contributed by atoms with E-state index in [-0.39, 0.29) is 18.3 Å². The highest BCUT2D eigenvalue weighted by atomic mass is 35.5. The van der Waals surface area contributed by atoms with Gasteiger partial charge in [-0.2, -0.15) is 22.0 Å². The summed E-state index contributed by atoms with van der Waals surface area (Å²) in [4.78, 5) is 0. The van der Waals surface area contributed by atoms with E-state index in [1.807, 2.05) is 0 Å². The van der Waals surface area contributed by atoms with Crippen LogP contribution in [0.15, 0.2) is 24.3 Å². The number of hydrogen-bond donors (Lipinski definition) is 3. The fourth-order valence-corrected chi connectivity index (χ4v) is 2.40. The number of hydrogen-bond acceptors (Lipinski definition) is 4. The molecule has 0 spiro atoms. The predicted molar refractivity (Wildman–Crippen MR) is 84.3 cm³/mol. The third-order valence-electron chi connectivity index (χ3n) is 3.80. The molecule has 1 saturated heterocycles. The van der Waals surface area contributed by atoms with Crippen LogP contribution in [0.25, 0.3) is 0 Å². The Morgan fingerprint density at radius 3 is 2.27 bits per heavy atom. The van der Waals surface area contributed by atoms with Crippen molar-refractivity contribution in [1.29, 1.82) is 0 Å². The fraction of sp³-hybridized carbons (Fsp3) is 0.600. The molecule has 11 heteroatoms. The van der Waals surface area contributed by atoms with Gasteiger partial charge in [-0.05, 0) is 17.7 Å². The quantitative estimate of drug-likeness (QED) is 0.607. The molecule has 0 bridgehead atoms. The summed E-state index contributed by atoms with van der Waals surface area (Å²) in [5.74, 6) is -0.513. The Hall–Kier alpha value is -1.23. The zero-order valence-electron chi connectivity index (χ0n) is 13.4. The molecular formula is C15H19ClF6N2O2. The van der Waals surface area contributed by atoms with E-state index in [0.717, 1.165) is 12.1 Å². The maximum atomic E-state index is 13.2. The molecule has 1 aliphatic heterocycles. The number of benzene rings is 1. The van der Waals surface area contributed by atoms with Gasteiger partial charge in [-0.15, -0.1) is 12.4 Å². The highest BCUT2D eigenvalue weighted by Crippen LogP contribution is 2.36. The van der Waals surface area contributed by atoms with Crippen LogP contribution in [0.3, 0.4) is 0 Å². The molecule has 0 aliphatic carbocycles. The largest absolute Gasteiger partial charge is 0.439 e. The van der Waals surface area contributed by atoms with Crippen LogP contribution in [-0.4, -0.2) is 49.3 Å². The first-order chi connectivity index (χ1) is 11.6. The van der Waals surface area contributed by atoms with Crippen LogP contribution in [0.2, 0.25) is 0 Å². The lowest BCUT2D eigenvalue weighted by atomic mass is 10.1. The van der Waals surface area contributed by atoms with Crippen molar-refractivity contribution in [2.75, 3.05) is 19.6 Å². The minimum Gasteiger partial charge on any atom is -0.430 e. The van der Waals surface area contributed by atoms with E-state index in [1.54, 1.807) is 0 Å². The highest BCUT2D eigenvalue weighted by molar-refractivity contribution is 5.85. The molecule has 26 heavy (non-hydrogen) atoms. The van der Waals surface area contributed by atoms with Crippen LogP contribution in [0.1, 0.15) is 5.56 Å². The summed E-state index contributed by atoms with van der Waals surface area (Å²) in [5, 5.41) is 15.7. The van der Waals surface area contributed by atoms with Crippen LogP contribution < -0.4 is 15.4 Å². The van der Waals surface area contributed by atoms with Gasteiger partial charge in [0.2, 0.25) is 0 Å². The standard InChI is InChI=1S/C15H18F6N2O2.ClH/c16-13(14(17,18)19)15(20,21)25-11-3-1-9(2-4-11)5-22-6-10-7-23-8-12(10)24;/h1-4,10,12-13,22-24H,5-8H2;1H. The fourth-order valence-electron chi connectivity index (χ4n) is 2.40. The molecule has 3 atom stereocenters. The summed E-state index contributed by atoms with van der Waals surface area (Å²) >= 11 is 0. The van der Waals surface area contributed by atoms with Crippen molar-refractivity contribution >= 4 is 12.4 Å². The van der Waals surface area contributed by atoms with Gasteiger partial charge in [0.05, 0.1) is 6.10 Å². The first kappa shape index (κ1) is 22.8. The van der Waals surface area contributed by atoms with Gasteiger partial charge < -0.3 is 20.5 Å². The van der Waals surface area contributed by atoms with Crippen molar-refractivity contribution < 1.29 is 36.2 Å². The van der Waals surface area contributed by atoms with E-state index >= 15 is 0 Å². The lowest BCUT2D eigenvalue weighted by Crippen LogP contribution is -2.45. The van der Waals surface area contributed by atoms with Gasteiger partial charge in [0.1, 0.15) is 5.75 Å². The second-order valence-electron chi connectivity index (χ2n) is 5.83. The van der Waals surface area contributed by atoms with Gasteiger partial charge in [-0.25, -0.2) is 4.39 Å². The Morgan fingerprint density at radius 1 is 1.15 bits per heavy atom. The number of nitrogens with one attached hydrogen (secondary N) is 2. The Bertz CT molecular complexity index is 558. The molecule has 150 valence electrons. The molecule has 1 fully saturated rings. The molecular weight excluding hydrogens is 390 g/mol. The Labute approximate surface area is 152 Å². The minimum absolute atomic E-state index is 0. The van der Waals surface area contributed by atoms with Crippen molar-refractivity contribution in [3.8, 4) is 5.75 Å². The Balaban J connectivity index is 0.00000338.